The number of sulfonamides is 1. The van der Waals surface area contributed by atoms with Crippen molar-refractivity contribution in [2.45, 2.75) is 30.7 Å². The highest BCUT2D eigenvalue weighted by Crippen LogP contribution is 2.42. The van der Waals surface area contributed by atoms with Crippen molar-refractivity contribution >= 4 is 15.8 Å². The van der Waals surface area contributed by atoms with Crippen molar-refractivity contribution in [3.8, 4) is 0 Å². The van der Waals surface area contributed by atoms with E-state index in [-0.39, 0.29) is 16.6 Å². The van der Waals surface area contributed by atoms with Gasteiger partial charge < -0.3 is 0 Å². The molecule has 1 aliphatic carbocycles. The van der Waals surface area contributed by atoms with Crippen LogP contribution in [0.1, 0.15) is 30.1 Å². The number of pyridine rings is 1. The van der Waals surface area contributed by atoms with Crippen molar-refractivity contribution in [1.82, 2.24) is 9.29 Å². The van der Waals surface area contributed by atoms with E-state index in [0.717, 1.165) is 11.1 Å². The molecule has 4 rings (SSSR count). The Kier molecular flexibility index (Phi) is 4.25. The summed E-state index contributed by atoms with van der Waals surface area (Å²) in [7, 11) is -3.68. The van der Waals surface area contributed by atoms with Crippen LogP contribution < -0.4 is 0 Å². The molecule has 1 aliphatic heterocycles. The van der Waals surface area contributed by atoms with Gasteiger partial charge in [0, 0.05) is 25.1 Å². The second-order valence-electron chi connectivity index (χ2n) is 6.95. The summed E-state index contributed by atoms with van der Waals surface area (Å²) >= 11 is 0. The van der Waals surface area contributed by atoms with Crippen LogP contribution in [0.5, 0.6) is 0 Å². The van der Waals surface area contributed by atoms with Crippen LogP contribution in [0.25, 0.3) is 0 Å². The Morgan fingerprint density at radius 1 is 1.08 bits per heavy atom. The van der Waals surface area contributed by atoms with Crippen LogP contribution in [0.3, 0.4) is 0 Å². The molecule has 1 aromatic heterocycles. The molecule has 0 N–H and O–H groups in total. The van der Waals surface area contributed by atoms with E-state index in [9.17, 15) is 13.2 Å². The van der Waals surface area contributed by atoms with Gasteiger partial charge in [0.05, 0.1) is 16.6 Å². The van der Waals surface area contributed by atoms with Gasteiger partial charge in [0.25, 0.3) is 0 Å². The van der Waals surface area contributed by atoms with Crippen LogP contribution in [0, 0.1) is 12.8 Å². The maximum atomic E-state index is 13.3. The number of hydrogen-bond donors (Lipinski definition) is 0. The Morgan fingerprint density at radius 2 is 1.85 bits per heavy atom. The molecule has 1 aromatic carbocycles. The van der Waals surface area contributed by atoms with Gasteiger partial charge in [0.15, 0.2) is 5.78 Å². The normalized spacial score (nSPS) is 23.6. The zero-order chi connectivity index (χ0) is 18.3. The predicted molar refractivity (Wildman–Crippen MR) is 97.9 cm³/mol. The third-order valence-electron chi connectivity index (χ3n) is 5.15. The minimum absolute atomic E-state index is 0.0253. The molecular formula is C20H20N2O3S. The second-order valence-corrected chi connectivity index (χ2v) is 8.84. The maximum Gasteiger partial charge on any atom is 0.243 e. The Labute approximate surface area is 153 Å². The van der Waals surface area contributed by atoms with Crippen LogP contribution in [-0.2, 0) is 14.8 Å². The quantitative estimate of drug-likeness (QED) is 0.835. The van der Waals surface area contributed by atoms with Gasteiger partial charge in [0.2, 0.25) is 10.0 Å². The molecule has 2 heterocycles. The minimum atomic E-state index is -3.68. The number of rotatable bonds is 3. The van der Waals surface area contributed by atoms with Gasteiger partial charge >= 0.3 is 0 Å². The number of hydrogen-bond acceptors (Lipinski definition) is 4. The van der Waals surface area contributed by atoms with E-state index in [0.29, 0.717) is 25.1 Å². The molecule has 0 saturated carbocycles. The zero-order valence-corrected chi connectivity index (χ0v) is 15.3. The summed E-state index contributed by atoms with van der Waals surface area (Å²) in [6, 6.07) is 12.0. The Hall–Kier alpha value is -2.31. The summed E-state index contributed by atoms with van der Waals surface area (Å²) in [5.41, 5.74) is 2.76. The Morgan fingerprint density at radius 3 is 2.54 bits per heavy atom. The van der Waals surface area contributed by atoms with Gasteiger partial charge in [-0.25, -0.2) is 8.42 Å². The molecule has 26 heavy (non-hydrogen) atoms. The van der Waals surface area contributed by atoms with E-state index in [2.05, 4.69) is 4.98 Å². The average molecular weight is 368 g/mol. The molecule has 1 unspecified atom stereocenters. The van der Waals surface area contributed by atoms with Gasteiger partial charge in [-0.05, 0) is 43.7 Å². The highest BCUT2D eigenvalue weighted by molar-refractivity contribution is 7.89. The second kappa shape index (κ2) is 6.45. The molecule has 2 atom stereocenters. The Bertz CT molecular complexity index is 966. The average Bonchev–Trinajstić information content (AvgIpc) is 3.01. The zero-order valence-electron chi connectivity index (χ0n) is 14.5. The van der Waals surface area contributed by atoms with Gasteiger partial charge in [0.1, 0.15) is 0 Å². The summed E-state index contributed by atoms with van der Waals surface area (Å²) in [4.78, 5) is 16.5. The van der Waals surface area contributed by atoms with Crippen LogP contribution in [0.2, 0.25) is 0 Å². The predicted octanol–water partition coefficient (Wildman–Crippen LogP) is 3.04. The molecule has 6 heteroatoms. The summed E-state index contributed by atoms with van der Waals surface area (Å²) in [6.45, 7) is 2.24. The van der Waals surface area contributed by atoms with Crippen molar-refractivity contribution < 1.29 is 13.2 Å². The topological polar surface area (TPSA) is 67.3 Å². The summed E-state index contributed by atoms with van der Waals surface area (Å²) in [5.74, 6) is 0.0574. The fourth-order valence-electron chi connectivity index (χ4n) is 3.77. The monoisotopic (exact) mass is 368 g/mol. The molecule has 0 amide bonds. The third kappa shape index (κ3) is 2.99. The molecule has 2 aliphatic rings. The number of carbonyl (C=O) groups is 1. The number of ketones is 1. The lowest BCUT2D eigenvalue weighted by molar-refractivity contribution is -0.114. The van der Waals surface area contributed by atoms with E-state index in [1.165, 1.54) is 4.31 Å². The molecule has 0 radical (unpaired) electrons. The number of allylic oxidation sites excluding steroid dienone is 1. The summed E-state index contributed by atoms with van der Waals surface area (Å²) < 4.78 is 28.2. The first-order chi connectivity index (χ1) is 12.4. The van der Waals surface area contributed by atoms with E-state index in [1.54, 1.807) is 36.5 Å². The molecular weight excluding hydrogens is 348 g/mol. The molecule has 134 valence electrons. The molecule has 2 aromatic rings. The van der Waals surface area contributed by atoms with E-state index < -0.39 is 16.1 Å². The van der Waals surface area contributed by atoms with Crippen molar-refractivity contribution in [2.75, 3.05) is 6.54 Å². The summed E-state index contributed by atoms with van der Waals surface area (Å²) in [6.07, 6.45) is 4.27. The number of piperidine rings is 1. The van der Waals surface area contributed by atoms with E-state index in [4.69, 9.17) is 0 Å². The van der Waals surface area contributed by atoms with E-state index >= 15 is 0 Å². The summed E-state index contributed by atoms with van der Waals surface area (Å²) in [5, 5.41) is 0. The van der Waals surface area contributed by atoms with Crippen LogP contribution in [0.4, 0.5) is 0 Å². The molecule has 0 spiro atoms. The maximum absolute atomic E-state index is 13.3. The first-order valence-electron chi connectivity index (χ1n) is 8.68. The van der Waals surface area contributed by atoms with Crippen molar-refractivity contribution in [1.29, 1.82) is 0 Å². The standard InChI is InChI=1S/C20H20N2O3S/c1-14-5-7-18(8-6-14)26(24,25)22-13-16-11-17(23)10-15(16)12-20(22)19-4-2-3-9-21-19/h2-10,16,20H,11-13H2,1H3/t16?,20-/m1/s1. The van der Waals surface area contributed by atoms with Gasteiger partial charge in [-0.2, -0.15) is 4.31 Å². The van der Waals surface area contributed by atoms with Gasteiger partial charge in [-0.15, -0.1) is 0 Å². The number of aromatic nitrogens is 1. The lowest BCUT2D eigenvalue weighted by Crippen LogP contribution is -2.42. The van der Waals surface area contributed by atoms with Crippen molar-refractivity contribution in [3.63, 3.8) is 0 Å². The van der Waals surface area contributed by atoms with Crippen LogP contribution in [-0.4, -0.2) is 30.0 Å². The number of nitrogens with zero attached hydrogens (tertiary/aromatic N) is 2. The lowest BCUT2D eigenvalue weighted by atomic mass is 9.89. The number of fused-ring (bicyclic) bond motifs is 1. The highest BCUT2D eigenvalue weighted by Gasteiger charge is 2.42. The minimum Gasteiger partial charge on any atom is -0.295 e. The van der Waals surface area contributed by atoms with Crippen molar-refractivity contribution in [3.05, 3.63) is 71.6 Å². The lowest BCUT2D eigenvalue weighted by Gasteiger charge is -2.38. The first kappa shape index (κ1) is 17.1. The van der Waals surface area contributed by atoms with Crippen LogP contribution in [0.15, 0.2) is 65.2 Å². The molecule has 0 bridgehead atoms. The van der Waals surface area contributed by atoms with Crippen molar-refractivity contribution in [2.24, 2.45) is 5.92 Å². The Balaban J connectivity index is 1.77. The third-order valence-corrected chi connectivity index (χ3v) is 7.04. The van der Waals surface area contributed by atoms with Gasteiger partial charge in [-0.3, -0.25) is 9.78 Å². The largest absolute Gasteiger partial charge is 0.295 e. The highest BCUT2D eigenvalue weighted by atomic mass is 32.2. The molecule has 1 saturated heterocycles. The fraction of sp³-hybridized carbons (Fsp3) is 0.300. The number of aryl methyl sites for hydroxylation is 1. The SMILES string of the molecule is Cc1ccc(S(=O)(=O)N2CC3CC(=O)C=C3C[C@@H]2c2ccccn2)cc1. The number of carbonyl (C=O) groups excluding carboxylic acids is 1. The molecule has 5 nitrogen and oxygen atoms in total. The van der Waals surface area contributed by atoms with Gasteiger partial charge in [-0.1, -0.05) is 29.3 Å². The fourth-order valence-corrected chi connectivity index (χ4v) is 5.42. The van der Waals surface area contributed by atoms with E-state index in [1.807, 2.05) is 25.1 Å². The van der Waals surface area contributed by atoms with Crippen LogP contribution >= 0.6 is 0 Å². The smallest absolute Gasteiger partial charge is 0.243 e. The molecule has 1 fully saturated rings. The first-order valence-corrected chi connectivity index (χ1v) is 10.1. The number of benzene rings is 1.